The fourth-order valence-electron chi connectivity index (χ4n) is 6.78. The molecule has 3 fully saturated rings. The minimum absolute atomic E-state index is 0.158. The van der Waals surface area contributed by atoms with Gasteiger partial charge in [-0.1, -0.05) is 49.4 Å². The fourth-order valence-corrected chi connectivity index (χ4v) is 8.78. The molecule has 1 N–H and O–H groups in total. The molecule has 2 aromatic carbocycles. The van der Waals surface area contributed by atoms with Crippen LogP contribution in [0.2, 0.25) is 0 Å². The van der Waals surface area contributed by atoms with E-state index in [1.165, 1.54) is 27.8 Å². The molecular formula is C30H44N4O3S. The number of ether oxygens (including phenoxy) is 1. The van der Waals surface area contributed by atoms with Crippen molar-refractivity contribution in [1.82, 2.24) is 19.6 Å². The van der Waals surface area contributed by atoms with Crippen molar-refractivity contribution in [3.8, 4) is 11.1 Å². The van der Waals surface area contributed by atoms with Crippen LogP contribution in [0, 0.1) is 13.8 Å². The Hall–Kier alpha value is -1.81. The average molecular weight is 541 g/mol. The molecule has 0 aromatic heterocycles. The number of hydrogen-bond donors (Lipinski definition) is 1. The molecule has 0 spiro atoms. The van der Waals surface area contributed by atoms with E-state index < -0.39 is 15.4 Å². The molecule has 8 heteroatoms. The van der Waals surface area contributed by atoms with Gasteiger partial charge < -0.3 is 4.74 Å². The molecule has 38 heavy (non-hydrogen) atoms. The molecular weight excluding hydrogens is 496 g/mol. The fraction of sp³-hybridized carbons (Fsp3) is 0.600. The molecule has 208 valence electrons. The topological polar surface area (TPSA) is 65.1 Å². The molecule has 3 unspecified atom stereocenters. The number of fused-ring (bicyclic) bond motifs is 1. The maximum absolute atomic E-state index is 13.9. The van der Waals surface area contributed by atoms with E-state index in [0.717, 1.165) is 38.9 Å². The maximum atomic E-state index is 13.9. The number of methoxy groups -OCH3 is 1. The van der Waals surface area contributed by atoms with E-state index in [0.29, 0.717) is 26.1 Å². The van der Waals surface area contributed by atoms with Crippen molar-refractivity contribution >= 4 is 10.0 Å². The third-order valence-corrected chi connectivity index (χ3v) is 11.1. The largest absolute Gasteiger partial charge is 0.383 e. The van der Waals surface area contributed by atoms with E-state index in [-0.39, 0.29) is 18.0 Å². The van der Waals surface area contributed by atoms with E-state index in [9.17, 15) is 8.42 Å². The van der Waals surface area contributed by atoms with Crippen LogP contribution in [-0.2, 0) is 14.8 Å². The van der Waals surface area contributed by atoms with Crippen molar-refractivity contribution in [1.29, 1.82) is 0 Å². The van der Waals surface area contributed by atoms with Gasteiger partial charge in [-0.25, -0.2) is 13.4 Å². The van der Waals surface area contributed by atoms with Gasteiger partial charge in [0.2, 0.25) is 10.0 Å². The molecule has 3 saturated heterocycles. The molecule has 0 aliphatic carbocycles. The Balaban J connectivity index is 1.41. The third-order valence-electron chi connectivity index (χ3n) is 8.92. The summed E-state index contributed by atoms with van der Waals surface area (Å²) in [5, 5.41) is 1.48. The van der Waals surface area contributed by atoms with Crippen LogP contribution in [0.25, 0.3) is 11.1 Å². The number of hydrazine groups is 1. The van der Waals surface area contributed by atoms with Crippen molar-refractivity contribution in [3.05, 3.63) is 59.2 Å². The van der Waals surface area contributed by atoms with Crippen LogP contribution in [0.5, 0.6) is 0 Å². The second-order valence-electron chi connectivity index (χ2n) is 11.2. The molecule has 3 aliphatic rings. The van der Waals surface area contributed by atoms with E-state index in [2.05, 4.69) is 73.6 Å². The Morgan fingerprint density at radius 2 is 1.82 bits per heavy atom. The summed E-state index contributed by atoms with van der Waals surface area (Å²) >= 11 is 0. The van der Waals surface area contributed by atoms with Crippen molar-refractivity contribution in [3.63, 3.8) is 0 Å². The molecule has 3 heterocycles. The number of aryl methyl sites for hydroxylation is 1. The molecule has 3 aliphatic heterocycles. The molecule has 0 amide bonds. The number of hydrogen-bond acceptors (Lipinski definition) is 6. The molecule has 7 nitrogen and oxygen atoms in total. The smallest absolute Gasteiger partial charge is 0.231 e. The van der Waals surface area contributed by atoms with E-state index in [4.69, 9.17) is 4.74 Å². The van der Waals surface area contributed by atoms with Crippen LogP contribution in [0.1, 0.15) is 55.2 Å². The lowest BCUT2D eigenvalue weighted by Crippen LogP contribution is -2.68. The van der Waals surface area contributed by atoms with Gasteiger partial charge >= 0.3 is 0 Å². The number of rotatable bonds is 8. The molecule has 5 rings (SSSR count). The number of nitrogens with one attached hydrogen (secondary N) is 1. The average Bonchev–Trinajstić information content (AvgIpc) is 3.36. The first-order chi connectivity index (χ1) is 18.4. The van der Waals surface area contributed by atoms with Crippen LogP contribution >= 0.6 is 0 Å². The summed E-state index contributed by atoms with van der Waals surface area (Å²) in [6.07, 6.45) is 3.46. The number of benzene rings is 2. The minimum Gasteiger partial charge on any atom is -0.383 e. The predicted octanol–water partition coefficient (Wildman–Crippen LogP) is 4.13. The van der Waals surface area contributed by atoms with Crippen LogP contribution in [0.3, 0.4) is 0 Å². The minimum atomic E-state index is -3.44. The standard InChI is InChI=1S/C30H44N4O3S/c1-5-17-34-29(15-16-31-34)38(35,36)32-18-6-7-19-33-27(20-32)30(28(33)21-37-4)25-13-11-24(12-14-25)26-10-8-9-22(2)23(26)3/h8-14,27-31H,5-7,15-21H2,1-4H3/t27?,28?,29?,30-/m0/s1. The molecule has 0 saturated carbocycles. The second-order valence-corrected chi connectivity index (χ2v) is 13.3. The zero-order valence-electron chi connectivity index (χ0n) is 23.4. The highest BCUT2D eigenvalue weighted by Gasteiger charge is 2.51. The normalized spacial score (nSPS) is 27.5. The van der Waals surface area contributed by atoms with Crippen LogP contribution in [0.4, 0.5) is 0 Å². The van der Waals surface area contributed by atoms with Crippen LogP contribution in [-0.4, -0.2) is 86.5 Å². The highest BCUT2D eigenvalue weighted by molar-refractivity contribution is 7.89. The summed E-state index contributed by atoms with van der Waals surface area (Å²) in [7, 11) is -1.68. The van der Waals surface area contributed by atoms with Gasteiger partial charge in [-0.2, -0.15) is 4.31 Å². The summed E-state index contributed by atoms with van der Waals surface area (Å²) in [5.74, 6) is 0.242. The number of nitrogens with zero attached hydrogens (tertiary/aromatic N) is 3. The van der Waals surface area contributed by atoms with E-state index in [1.807, 2.05) is 9.31 Å². The van der Waals surface area contributed by atoms with Gasteiger partial charge in [0.05, 0.1) is 6.61 Å². The van der Waals surface area contributed by atoms with E-state index >= 15 is 0 Å². The summed E-state index contributed by atoms with van der Waals surface area (Å²) in [6.45, 7) is 10.7. The van der Waals surface area contributed by atoms with Gasteiger partial charge in [0, 0.05) is 51.3 Å². The van der Waals surface area contributed by atoms with Crippen LogP contribution < -0.4 is 5.43 Å². The molecule has 2 aromatic rings. The van der Waals surface area contributed by atoms with Gasteiger partial charge in [0.25, 0.3) is 0 Å². The first-order valence-corrected chi connectivity index (χ1v) is 15.8. The summed E-state index contributed by atoms with van der Waals surface area (Å²) < 4.78 is 35.3. The highest BCUT2D eigenvalue weighted by Crippen LogP contribution is 2.43. The van der Waals surface area contributed by atoms with E-state index in [1.54, 1.807) is 7.11 Å². The Labute approximate surface area is 229 Å². The van der Waals surface area contributed by atoms with Gasteiger partial charge in [0.15, 0.2) is 0 Å². The third kappa shape index (κ3) is 5.19. The molecule has 4 atom stereocenters. The predicted molar refractivity (Wildman–Crippen MR) is 153 cm³/mol. The Morgan fingerprint density at radius 1 is 1.05 bits per heavy atom. The van der Waals surface area contributed by atoms with Gasteiger partial charge in [-0.05, 0) is 73.9 Å². The second kappa shape index (κ2) is 11.7. The lowest BCUT2D eigenvalue weighted by atomic mass is 9.74. The maximum Gasteiger partial charge on any atom is 0.231 e. The zero-order valence-corrected chi connectivity index (χ0v) is 24.2. The lowest BCUT2D eigenvalue weighted by molar-refractivity contribution is -0.0637. The first kappa shape index (κ1) is 27.7. The zero-order chi connectivity index (χ0) is 26.9. The summed E-state index contributed by atoms with van der Waals surface area (Å²) in [4.78, 5) is 2.51. The Morgan fingerprint density at radius 3 is 2.55 bits per heavy atom. The van der Waals surface area contributed by atoms with Gasteiger partial charge in [0.1, 0.15) is 5.37 Å². The Bertz CT molecular complexity index is 1200. The van der Waals surface area contributed by atoms with Gasteiger partial charge in [-0.15, -0.1) is 0 Å². The Kier molecular flexibility index (Phi) is 8.57. The summed E-state index contributed by atoms with van der Waals surface area (Å²) in [5.41, 5.74) is 9.68. The van der Waals surface area contributed by atoms with Crippen molar-refractivity contribution in [2.45, 2.75) is 69.8 Å². The summed E-state index contributed by atoms with van der Waals surface area (Å²) in [6, 6.07) is 15.9. The molecule has 0 bridgehead atoms. The van der Waals surface area contributed by atoms with Crippen molar-refractivity contribution in [2.75, 3.05) is 46.4 Å². The highest BCUT2D eigenvalue weighted by atomic mass is 32.2. The SMILES string of the molecule is CCCN1NCCC1S(=O)(=O)N1CCCCN2C(COC)[C@@H](c3ccc(-c4cccc(C)c4C)cc3)C2C1. The molecule has 0 radical (unpaired) electrons. The lowest BCUT2D eigenvalue weighted by Gasteiger charge is -2.57. The van der Waals surface area contributed by atoms with Gasteiger partial charge in [-0.3, -0.25) is 10.3 Å². The first-order valence-electron chi connectivity index (χ1n) is 14.3. The quantitative estimate of drug-likeness (QED) is 0.543. The van der Waals surface area contributed by atoms with Crippen molar-refractivity contribution < 1.29 is 13.2 Å². The number of sulfonamides is 1. The van der Waals surface area contributed by atoms with Crippen LogP contribution in [0.15, 0.2) is 42.5 Å². The monoisotopic (exact) mass is 540 g/mol. The van der Waals surface area contributed by atoms with Crippen molar-refractivity contribution in [2.24, 2.45) is 0 Å².